The molecule has 3 N–H and O–H groups in total. The minimum Gasteiger partial charge on any atom is -0.479 e. The maximum atomic E-state index is 11.7. The summed E-state index contributed by atoms with van der Waals surface area (Å²) in [5, 5.41) is 20.9. The fourth-order valence-corrected chi connectivity index (χ4v) is 1.48. The molecule has 1 aromatic rings. The molecule has 0 spiro atoms. The van der Waals surface area contributed by atoms with Crippen molar-refractivity contribution in [1.29, 1.82) is 0 Å². The van der Waals surface area contributed by atoms with Crippen molar-refractivity contribution < 1.29 is 24.5 Å². The minimum absolute atomic E-state index is 0.369. The molecule has 0 radical (unpaired) electrons. The van der Waals surface area contributed by atoms with Crippen LogP contribution in [0.1, 0.15) is 32.4 Å². The van der Waals surface area contributed by atoms with Crippen LogP contribution in [0.25, 0.3) is 0 Å². The van der Waals surface area contributed by atoms with Crippen LogP contribution in [-0.2, 0) is 9.53 Å². The van der Waals surface area contributed by atoms with Crippen LogP contribution in [-0.4, -0.2) is 39.0 Å². The lowest BCUT2D eigenvalue weighted by atomic mass is 10.0. The zero-order valence-electron chi connectivity index (χ0n) is 11.5. The minimum atomic E-state index is -1.80. The van der Waals surface area contributed by atoms with Crippen molar-refractivity contribution in [2.45, 2.75) is 38.5 Å². The van der Waals surface area contributed by atoms with Crippen molar-refractivity contribution in [3.05, 3.63) is 30.1 Å². The Bertz CT molecular complexity index is 469. The van der Waals surface area contributed by atoms with Crippen LogP contribution in [0.2, 0.25) is 0 Å². The Labute approximate surface area is 116 Å². The summed E-state index contributed by atoms with van der Waals surface area (Å²) >= 11 is 0. The average molecular weight is 282 g/mol. The number of amides is 1. The van der Waals surface area contributed by atoms with E-state index in [-0.39, 0.29) is 0 Å². The van der Waals surface area contributed by atoms with Crippen LogP contribution < -0.4 is 5.32 Å². The molecule has 0 unspecified atom stereocenters. The molecular formula is C13H18N2O5. The largest absolute Gasteiger partial charge is 0.479 e. The third kappa shape index (κ3) is 4.85. The first kappa shape index (κ1) is 15.9. The van der Waals surface area contributed by atoms with E-state index in [9.17, 15) is 14.7 Å². The van der Waals surface area contributed by atoms with Gasteiger partial charge in [-0.15, -0.1) is 0 Å². The van der Waals surface area contributed by atoms with E-state index in [0.29, 0.717) is 5.56 Å². The number of carboxylic acids is 1. The van der Waals surface area contributed by atoms with Gasteiger partial charge in [-0.05, 0) is 32.4 Å². The number of ether oxygens (including phenoxy) is 1. The van der Waals surface area contributed by atoms with Crippen molar-refractivity contribution in [3.63, 3.8) is 0 Å². The number of nitrogens with one attached hydrogen (secondary N) is 1. The van der Waals surface area contributed by atoms with E-state index in [2.05, 4.69) is 10.3 Å². The second-order valence-corrected chi connectivity index (χ2v) is 5.19. The summed E-state index contributed by atoms with van der Waals surface area (Å²) < 4.78 is 5.05. The van der Waals surface area contributed by atoms with Crippen LogP contribution in [0.15, 0.2) is 24.5 Å². The monoisotopic (exact) mass is 282 g/mol. The predicted molar refractivity (Wildman–Crippen MR) is 70.0 cm³/mol. The van der Waals surface area contributed by atoms with E-state index in [4.69, 9.17) is 9.84 Å². The van der Waals surface area contributed by atoms with Gasteiger partial charge in [0, 0.05) is 12.4 Å². The molecule has 1 rings (SSSR count). The highest BCUT2D eigenvalue weighted by molar-refractivity contribution is 5.75. The molecule has 0 aliphatic carbocycles. The molecule has 0 aliphatic rings. The second-order valence-electron chi connectivity index (χ2n) is 5.19. The lowest BCUT2D eigenvalue weighted by Crippen LogP contribution is -2.42. The number of nitrogens with zero attached hydrogens (tertiary/aromatic N) is 1. The summed E-state index contributed by atoms with van der Waals surface area (Å²) in [6.45, 7) is 5.04. The zero-order chi connectivity index (χ0) is 15.3. The Morgan fingerprint density at radius 3 is 2.50 bits per heavy atom. The quantitative estimate of drug-likeness (QED) is 0.762. The first-order valence-electron chi connectivity index (χ1n) is 6.01. The number of aliphatic hydroxyl groups excluding tert-OH is 1. The van der Waals surface area contributed by atoms with Gasteiger partial charge in [-0.1, -0.05) is 6.07 Å². The molecule has 0 saturated heterocycles. The number of alkyl carbamates (subject to hydrolysis) is 1. The van der Waals surface area contributed by atoms with Crippen LogP contribution in [0.5, 0.6) is 0 Å². The summed E-state index contributed by atoms with van der Waals surface area (Å²) in [5.74, 6) is -1.45. The summed E-state index contributed by atoms with van der Waals surface area (Å²) in [5.41, 5.74) is -0.356. The number of aliphatic hydroxyl groups is 1. The molecule has 7 heteroatoms. The average Bonchev–Trinajstić information content (AvgIpc) is 2.34. The van der Waals surface area contributed by atoms with Gasteiger partial charge >= 0.3 is 12.1 Å². The van der Waals surface area contributed by atoms with E-state index in [1.807, 2.05) is 0 Å². The number of hydrogen-bond acceptors (Lipinski definition) is 5. The Morgan fingerprint density at radius 1 is 1.40 bits per heavy atom. The summed E-state index contributed by atoms with van der Waals surface area (Å²) in [7, 11) is 0. The lowest BCUT2D eigenvalue weighted by molar-refractivity contribution is -0.148. The Morgan fingerprint density at radius 2 is 2.05 bits per heavy atom. The van der Waals surface area contributed by atoms with Crippen LogP contribution >= 0.6 is 0 Å². The molecule has 0 aliphatic heterocycles. The highest BCUT2D eigenvalue weighted by Crippen LogP contribution is 2.17. The third-order valence-electron chi connectivity index (χ3n) is 2.28. The van der Waals surface area contributed by atoms with Crippen molar-refractivity contribution in [3.8, 4) is 0 Å². The predicted octanol–water partition coefficient (Wildman–Crippen LogP) is 1.09. The van der Waals surface area contributed by atoms with E-state index < -0.39 is 29.8 Å². The Balaban J connectivity index is 2.90. The van der Waals surface area contributed by atoms with Gasteiger partial charge in [0.15, 0.2) is 6.10 Å². The summed E-state index contributed by atoms with van der Waals surface area (Å²) in [4.78, 5) is 26.5. The van der Waals surface area contributed by atoms with E-state index in [1.165, 1.54) is 12.4 Å². The first-order valence-corrected chi connectivity index (χ1v) is 6.01. The van der Waals surface area contributed by atoms with Crippen molar-refractivity contribution in [2.24, 2.45) is 0 Å². The number of hydrogen-bond donors (Lipinski definition) is 3. The van der Waals surface area contributed by atoms with Gasteiger partial charge in [-0.25, -0.2) is 9.59 Å². The number of pyridine rings is 1. The summed E-state index contributed by atoms with van der Waals surface area (Å²) in [6, 6.07) is 1.99. The molecule has 110 valence electrons. The fourth-order valence-electron chi connectivity index (χ4n) is 1.48. The molecule has 20 heavy (non-hydrogen) atoms. The molecule has 1 aromatic heterocycles. The zero-order valence-corrected chi connectivity index (χ0v) is 11.5. The molecule has 7 nitrogen and oxygen atoms in total. The molecular weight excluding hydrogens is 264 g/mol. The molecule has 0 bridgehead atoms. The second kappa shape index (κ2) is 6.33. The molecule has 0 fully saturated rings. The molecule has 1 heterocycles. The third-order valence-corrected chi connectivity index (χ3v) is 2.28. The maximum Gasteiger partial charge on any atom is 0.408 e. The highest BCUT2D eigenvalue weighted by Gasteiger charge is 2.30. The van der Waals surface area contributed by atoms with E-state index in [0.717, 1.165) is 0 Å². The van der Waals surface area contributed by atoms with Gasteiger partial charge in [0.05, 0.1) is 6.04 Å². The standard InChI is InChI=1S/C13H18N2O5/c1-13(2,3)20-12(19)15-9(10(16)11(17)18)8-5-4-6-14-7-8/h4-7,9-10,16H,1-3H3,(H,15,19)(H,17,18)/t9-,10-/m0/s1. The van der Waals surface area contributed by atoms with Crippen molar-refractivity contribution in [1.82, 2.24) is 10.3 Å². The number of carbonyl (C=O) groups excluding carboxylic acids is 1. The van der Waals surface area contributed by atoms with Crippen LogP contribution in [0.3, 0.4) is 0 Å². The van der Waals surface area contributed by atoms with Crippen molar-refractivity contribution >= 4 is 12.1 Å². The van der Waals surface area contributed by atoms with Gasteiger partial charge in [0.2, 0.25) is 0 Å². The lowest BCUT2D eigenvalue weighted by Gasteiger charge is -2.25. The number of rotatable bonds is 4. The highest BCUT2D eigenvalue weighted by atomic mass is 16.6. The topological polar surface area (TPSA) is 109 Å². The van der Waals surface area contributed by atoms with Gasteiger partial charge < -0.3 is 20.3 Å². The van der Waals surface area contributed by atoms with Crippen LogP contribution in [0.4, 0.5) is 4.79 Å². The number of aromatic nitrogens is 1. The van der Waals surface area contributed by atoms with Gasteiger partial charge in [0.25, 0.3) is 0 Å². The number of carbonyl (C=O) groups is 2. The van der Waals surface area contributed by atoms with Gasteiger partial charge in [-0.3, -0.25) is 4.98 Å². The van der Waals surface area contributed by atoms with Crippen molar-refractivity contribution in [2.75, 3.05) is 0 Å². The van der Waals surface area contributed by atoms with E-state index >= 15 is 0 Å². The smallest absolute Gasteiger partial charge is 0.408 e. The molecule has 1 amide bonds. The Hall–Kier alpha value is -2.15. The number of carboxylic acid groups (broad SMARTS) is 1. The Kier molecular flexibility index (Phi) is 5.04. The number of aliphatic carboxylic acids is 1. The van der Waals surface area contributed by atoms with Gasteiger partial charge in [-0.2, -0.15) is 0 Å². The molecule has 0 aromatic carbocycles. The molecule has 2 atom stereocenters. The van der Waals surface area contributed by atoms with Crippen LogP contribution in [0, 0.1) is 0 Å². The normalized spacial score (nSPS) is 14.2. The fraction of sp³-hybridized carbons (Fsp3) is 0.462. The SMILES string of the molecule is CC(C)(C)OC(=O)N[C@@H](c1cccnc1)[C@H](O)C(=O)O. The maximum absolute atomic E-state index is 11.7. The first-order chi connectivity index (χ1) is 9.20. The van der Waals surface area contributed by atoms with E-state index in [1.54, 1.807) is 32.9 Å². The van der Waals surface area contributed by atoms with Gasteiger partial charge in [0.1, 0.15) is 5.60 Å². The molecule has 0 saturated carbocycles. The summed E-state index contributed by atoms with van der Waals surface area (Å²) in [6.07, 6.45) is 0.258.